The molecule has 1 aromatic heterocycles. The molecule has 1 unspecified atom stereocenters. The Morgan fingerprint density at radius 3 is 2.60 bits per heavy atom. The van der Waals surface area contributed by atoms with Crippen LogP contribution in [0.5, 0.6) is 0 Å². The maximum absolute atomic E-state index is 12.7. The molecule has 0 bridgehead atoms. The van der Waals surface area contributed by atoms with Gasteiger partial charge in [0.15, 0.2) is 6.10 Å². The molecular weight excluding hydrogens is 569 g/mol. The molecule has 2 fully saturated rings. The highest BCUT2D eigenvalue weighted by Gasteiger charge is 2.41. The molecule has 0 saturated carbocycles. The molecule has 2 aromatic carbocycles. The number of amides is 1. The number of carbonyl (C=O) groups is 1. The maximum atomic E-state index is 12.7. The average Bonchev–Trinajstić information content (AvgIpc) is 3.65. The predicted molar refractivity (Wildman–Crippen MR) is 160 cm³/mol. The minimum atomic E-state index is -0.252. The van der Waals surface area contributed by atoms with Gasteiger partial charge in [-0.1, -0.05) is 47.5 Å². The van der Waals surface area contributed by atoms with Gasteiger partial charge in [-0.25, -0.2) is 0 Å². The lowest BCUT2D eigenvalue weighted by Gasteiger charge is -2.45. The summed E-state index contributed by atoms with van der Waals surface area (Å²) in [4.78, 5) is 19.4. The lowest BCUT2D eigenvalue weighted by Crippen LogP contribution is -2.52. The smallest absolute Gasteiger partial charge is 0.352 e. The lowest BCUT2D eigenvalue weighted by molar-refractivity contribution is -0.00176. The molecule has 0 aliphatic carbocycles. The van der Waals surface area contributed by atoms with Crippen molar-refractivity contribution in [1.82, 2.24) is 14.7 Å². The quantitative estimate of drug-likeness (QED) is 0.201. The van der Waals surface area contributed by atoms with Crippen LogP contribution >= 0.6 is 35.4 Å². The summed E-state index contributed by atoms with van der Waals surface area (Å²) in [5, 5.41) is 1.25. The van der Waals surface area contributed by atoms with E-state index in [0.717, 1.165) is 50.3 Å². The molecule has 0 spiro atoms. The number of halogens is 2. The second-order valence-corrected chi connectivity index (χ2v) is 11.3. The van der Waals surface area contributed by atoms with Crippen LogP contribution in [0.3, 0.4) is 0 Å². The van der Waals surface area contributed by atoms with Crippen molar-refractivity contribution < 1.29 is 18.7 Å². The third-order valence-corrected chi connectivity index (χ3v) is 8.55. The van der Waals surface area contributed by atoms with Crippen molar-refractivity contribution in [1.29, 1.82) is 0 Å². The minimum absolute atomic E-state index is 0.0458. The predicted octanol–water partition coefficient (Wildman–Crippen LogP) is 6.24. The van der Waals surface area contributed by atoms with Crippen LogP contribution in [0.25, 0.3) is 0 Å². The zero-order chi connectivity index (χ0) is 28.1. The Morgan fingerprint density at radius 1 is 1.07 bits per heavy atom. The number of benzene rings is 2. The normalized spacial score (nSPS) is 20.6. The van der Waals surface area contributed by atoms with E-state index in [1.54, 1.807) is 11.2 Å². The highest BCUT2D eigenvalue weighted by Crippen LogP contribution is 2.37. The fraction of sp³-hybridized carbons (Fsp3) is 0.400. The number of furan rings is 1. The van der Waals surface area contributed by atoms with E-state index in [2.05, 4.69) is 9.80 Å². The zero-order valence-corrected chi connectivity index (χ0v) is 24.7. The molecule has 0 N–H and O–H groups in total. The molecule has 3 heterocycles. The molecule has 2 saturated heterocycles. The van der Waals surface area contributed by atoms with Gasteiger partial charge in [0, 0.05) is 57.0 Å². The minimum Gasteiger partial charge on any atom is -0.468 e. The first-order chi connectivity index (χ1) is 19.4. The lowest BCUT2D eigenvalue weighted by atomic mass is 9.98. The average molecular weight is 603 g/mol. The zero-order valence-electron chi connectivity index (χ0n) is 22.4. The van der Waals surface area contributed by atoms with Gasteiger partial charge in [-0.05, 0) is 61.3 Å². The van der Waals surface area contributed by atoms with Crippen LogP contribution in [0.2, 0.25) is 10.0 Å². The topological polar surface area (TPSA) is 58.4 Å². The molecule has 1 amide bonds. The Labute approximate surface area is 250 Å². The van der Waals surface area contributed by atoms with Crippen molar-refractivity contribution in [2.45, 2.75) is 31.0 Å². The first-order valence-corrected chi connectivity index (χ1v) is 14.7. The number of hydrogen-bond acceptors (Lipinski definition) is 7. The Morgan fingerprint density at radius 2 is 1.90 bits per heavy atom. The summed E-state index contributed by atoms with van der Waals surface area (Å²) >= 11 is 17.9. The van der Waals surface area contributed by atoms with Crippen molar-refractivity contribution in [2.75, 3.05) is 46.4 Å². The second kappa shape index (κ2) is 13.4. The van der Waals surface area contributed by atoms with Gasteiger partial charge in [-0.15, -0.1) is 0 Å². The van der Waals surface area contributed by atoms with Crippen molar-refractivity contribution >= 4 is 46.6 Å². The summed E-state index contributed by atoms with van der Waals surface area (Å²) in [5.41, 5.74) is 1.82. The molecule has 10 heteroatoms. The summed E-state index contributed by atoms with van der Waals surface area (Å²) in [7, 11) is 1.86. The Hall–Kier alpha value is -2.62. The van der Waals surface area contributed by atoms with Crippen molar-refractivity contribution in [3.05, 3.63) is 93.9 Å². The van der Waals surface area contributed by atoms with Crippen molar-refractivity contribution in [3.8, 4) is 0 Å². The van der Waals surface area contributed by atoms with Crippen molar-refractivity contribution in [3.63, 3.8) is 0 Å². The van der Waals surface area contributed by atoms with Crippen LogP contribution in [-0.2, 0) is 9.47 Å². The molecule has 3 aromatic rings. The van der Waals surface area contributed by atoms with Crippen LogP contribution in [0.15, 0.2) is 71.3 Å². The molecule has 40 heavy (non-hydrogen) atoms. The van der Waals surface area contributed by atoms with E-state index in [0.29, 0.717) is 28.8 Å². The number of piperazine rings is 1. The molecule has 212 valence electrons. The van der Waals surface area contributed by atoms with Gasteiger partial charge < -0.3 is 18.8 Å². The Balaban J connectivity index is 1.27. The number of unbranched alkanes of at least 4 members (excludes halogenated alkanes) is 1. The van der Waals surface area contributed by atoms with Gasteiger partial charge in [-0.2, -0.15) is 0 Å². The summed E-state index contributed by atoms with van der Waals surface area (Å²) in [5.74, 6) is 0.871. The number of thiocarbonyl (C=S) groups is 1. The van der Waals surface area contributed by atoms with E-state index in [-0.39, 0.29) is 29.3 Å². The van der Waals surface area contributed by atoms with E-state index in [9.17, 15) is 4.79 Å². The van der Waals surface area contributed by atoms with Gasteiger partial charge in [0.1, 0.15) is 18.4 Å². The standard InChI is InChI=1S/C30H33Cl2N3O4S/c1-33(29(36)21-8-3-2-4-9-21)13-5-6-14-34-15-16-35(19-25(34)22-11-12-23(31)24(32)18-22)28(26-10-7-17-37-26)27-20-38-30(40)39-27/h2-4,7-12,17-18,25,27-28H,5-6,13-16,19-20H2,1H3/t25-,27-,28?/m1/s1. The maximum Gasteiger partial charge on any atom is 0.352 e. The van der Waals surface area contributed by atoms with E-state index in [1.807, 2.05) is 67.7 Å². The summed E-state index contributed by atoms with van der Waals surface area (Å²) < 4.78 is 17.2. The molecule has 5 rings (SSSR count). The highest BCUT2D eigenvalue weighted by atomic mass is 35.5. The molecular formula is C30H33Cl2N3O4S. The SMILES string of the molecule is CN(CCCCN1CCN(C(c2ccco2)[C@H]2COC(=S)O2)C[C@@H]1c1ccc(Cl)c(Cl)c1)C(=O)c1ccccc1. The third-order valence-electron chi connectivity index (χ3n) is 7.60. The Kier molecular flexibility index (Phi) is 9.65. The van der Waals surface area contributed by atoms with Crippen LogP contribution in [0.4, 0.5) is 0 Å². The van der Waals surface area contributed by atoms with Crippen LogP contribution in [0, 0.1) is 0 Å². The number of ether oxygens (including phenoxy) is 2. The third kappa shape index (κ3) is 6.81. The first-order valence-electron chi connectivity index (χ1n) is 13.5. The van der Waals surface area contributed by atoms with Gasteiger partial charge in [0.2, 0.25) is 0 Å². The molecule has 7 nitrogen and oxygen atoms in total. The molecule has 0 radical (unpaired) electrons. The fourth-order valence-electron chi connectivity index (χ4n) is 5.52. The van der Waals surface area contributed by atoms with Crippen LogP contribution in [0.1, 0.15) is 46.6 Å². The number of rotatable bonds is 10. The van der Waals surface area contributed by atoms with Gasteiger partial charge in [0.05, 0.1) is 16.3 Å². The molecule has 2 aliphatic heterocycles. The highest BCUT2D eigenvalue weighted by molar-refractivity contribution is 7.79. The number of carbonyl (C=O) groups excluding carboxylic acids is 1. The number of hydrogen-bond donors (Lipinski definition) is 0. The second-order valence-electron chi connectivity index (χ2n) is 10.2. The largest absolute Gasteiger partial charge is 0.468 e. The van der Waals surface area contributed by atoms with Gasteiger partial charge in [0.25, 0.3) is 5.91 Å². The molecule has 3 atom stereocenters. The molecule has 2 aliphatic rings. The van der Waals surface area contributed by atoms with Crippen LogP contribution < -0.4 is 0 Å². The van der Waals surface area contributed by atoms with Gasteiger partial charge in [-0.3, -0.25) is 14.6 Å². The first kappa shape index (κ1) is 28.9. The summed E-state index contributed by atoms with van der Waals surface area (Å²) in [6.07, 6.45) is 3.29. The fourth-order valence-corrected chi connectivity index (χ4v) is 6.02. The van der Waals surface area contributed by atoms with Gasteiger partial charge >= 0.3 is 5.24 Å². The van der Waals surface area contributed by atoms with E-state index in [1.165, 1.54) is 0 Å². The number of nitrogens with zero attached hydrogens (tertiary/aromatic N) is 3. The van der Waals surface area contributed by atoms with E-state index >= 15 is 0 Å². The Bertz CT molecular complexity index is 1290. The van der Waals surface area contributed by atoms with E-state index < -0.39 is 0 Å². The van der Waals surface area contributed by atoms with E-state index in [4.69, 9.17) is 49.3 Å². The monoisotopic (exact) mass is 601 g/mol. The van der Waals surface area contributed by atoms with Crippen LogP contribution in [-0.4, -0.2) is 78.3 Å². The van der Waals surface area contributed by atoms with Crippen molar-refractivity contribution in [2.24, 2.45) is 0 Å². The summed E-state index contributed by atoms with van der Waals surface area (Å²) in [6, 6.07) is 19.1. The summed E-state index contributed by atoms with van der Waals surface area (Å²) in [6.45, 7) is 4.38.